The van der Waals surface area contributed by atoms with Gasteiger partial charge in [-0.25, -0.2) is 9.40 Å². The molecule has 25 heavy (non-hydrogen) atoms. The van der Waals surface area contributed by atoms with Gasteiger partial charge in [0.15, 0.2) is 11.5 Å². The summed E-state index contributed by atoms with van der Waals surface area (Å²) >= 11 is 1.27. The molecule has 1 aliphatic rings. The molecule has 0 aromatic heterocycles. The summed E-state index contributed by atoms with van der Waals surface area (Å²) in [7, 11) is 5.40. The van der Waals surface area contributed by atoms with E-state index in [2.05, 4.69) is 5.10 Å². The van der Waals surface area contributed by atoms with Gasteiger partial charge in [-0.15, -0.1) is 0 Å². The van der Waals surface area contributed by atoms with Crippen molar-refractivity contribution in [2.24, 2.45) is 5.10 Å². The summed E-state index contributed by atoms with van der Waals surface area (Å²) in [6.45, 7) is 2.31. The summed E-state index contributed by atoms with van der Waals surface area (Å²) in [6.07, 6.45) is 0.766. The molecular formula is C17H24FN3O3S. The number of hydrazone groups is 1. The van der Waals surface area contributed by atoms with Gasteiger partial charge in [-0.2, -0.15) is 5.10 Å². The van der Waals surface area contributed by atoms with Crippen molar-refractivity contribution in [3.63, 3.8) is 0 Å². The number of carbonyl (C=O) groups excluding carboxylic acids is 1. The summed E-state index contributed by atoms with van der Waals surface area (Å²) in [4.78, 5) is 14.3. The molecule has 0 bridgehead atoms. The van der Waals surface area contributed by atoms with E-state index < -0.39 is 6.86 Å². The number of thioether (sulfide) groups is 1. The summed E-state index contributed by atoms with van der Waals surface area (Å²) < 4.78 is 22.8. The van der Waals surface area contributed by atoms with Gasteiger partial charge < -0.3 is 14.4 Å². The number of benzene rings is 1. The molecule has 6 nitrogen and oxygen atoms in total. The Labute approximate surface area is 152 Å². The molecule has 0 saturated carbocycles. The van der Waals surface area contributed by atoms with Crippen LogP contribution in [0.1, 0.15) is 18.9 Å². The van der Waals surface area contributed by atoms with Crippen LogP contribution < -0.4 is 9.47 Å². The normalized spacial score (nSPS) is 17.7. The zero-order valence-corrected chi connectivity index (χ0v) is 15.8. The van der Waals surface area contributed by atoms with Crippen molar-refractivity contribution in [2.45, 2.75) is 18.6 Å². The number of methoxy groups -OCH3 is 1. The van der Waals surface area contributed by atoms with Crippen LogP contribution >= 0.6 is 11.8 Å². The second kappa shape index (κ2) is 9.05. The second-order valence-corrected chi connectivity index (χ2v) is 6.97. The van der Waals surface area contributed by atoms with E-state index >= 15 is 0 Å². The Morgan fingerprint density at radius 3 is 2.72 bits per heavy atom. The van der Waals surface area contributed by atoms with E-state index in [1.54, 1.807) is 12.1 Å². The lowest BCUT2D eigenvalue weighted by molar-refractivity contribution is 0.184. The maximum atomic E-state index is 12.6. The fourth-order valence-corrected chi connectivity index (χ4v) is 3.40. The second-order valence-electron chi connectivity index (χ2n) is 5.81. The molecule has 0 N–H and O–H groups in total. The lowest BCUT2D eigenvalue weighted by Gasteiger charge is -2.29. The third-order valence-corrected chi connectivity index (χ3v) is 5.04. The fourth-order valence-electron chi connectivity index (χ4n) is 2.44. The number of hydrogen-bond acceptors (Lipinski definition) is 6. The van der Waals surface area contributed by atoms with Crippen LogP contribution in [0, 0.1) is 0 Å². The molecule has 1 aliphatic heterocycles. The molecule has 8 heteroatoms. The van der Waals surface area contributed by atoms with Gasteiger partial charge in [0.05, 0.1) is 24.6 Å². The molecule has 2 rings (SSSR count). The Hall–Kier alpha value is -1.80. The van der Waals surface area contributed by atoms with Crippen LogP contribution in [-0.2, 0) is 0 Å². The van der Waals surface area contributed by atoms with Crippen molar-refractivity contribution < 1.29 is 18.7 Å². The van der Waals surface area contributed by atoms with Crippen molar-refractivity contribution in [1.82, 2.24) is 9.91 Å². The first-order valence-corrected chi connectivity index (χ1v) is 8.96. The number of ether oxygens (including phenoxy) is 2. The molecule has 0 radical (unpaired) electrons. The molecular weight excluding hydrogens is 345 g/mol. The average Bonchev–Trinajstić information content (AvgIpc) is 2.60. The van der Waals surface area contributed by atoms with Gasteiger partial charge in [0.2, 0.25) is 6.86 Å². The highest BCUT2D eigenvalue weighted by atomic mass is 32.2. The first kappa shape index (κ1) is 19.5. The Bertz CT molecular complexity index is 640. The Morgan fingerprint density at radius 1 is 1.36 bits per heavy atom. The minimum atomic E-state index is -0.939. The monoisotopic (exact) mass is 369 g/mol. The van der Waals surface area contributed by atoms with Crippen LogP contribution in [-0.4, -0.2) is 67.3 Å². The van der Waals surface area contributed by atoms with E-state index in [9.17, 15) is 9.18 Å². The number of alkyl halides is 1. The molecule has 1 unspecified atom stereocenters. The van der Waals surface area contributed by atoms with Crippen LogP contribution in [0.3, 0.4) is 0 Å². The largest absolute Gasteiger partial charge is 0.493 e. The topological polar surface area (TPSA) is 54.4 Å². The SMILES string of the molecule is CCC1SC(=O)N(CCN(C)C)N=C1c1ccc(OC)c(OCF)c1. The molecule has 0 fully saturated rings. The minimum Gasteiger partial charge on any atom is -0.493 e. The number of rotatable bonds is 8. The summed E-state index contributed by atoms with van der Waals surface area (Å²) in [5.41, 5.74) is 1.59. The van der Waals surface area contributed by atoms with Crippen molar-refractivity contribution in [1.29, 1.82) is 0 Å². The Balaban J connectivity index is 2.36. The maximum absolute atomic E-state index is 12.6. The number of halogens is 1. The first-order valence-electron chi connectivity index (χ1n) is 8.08. The lowest BCUT2D eigenvalue weighted by atomic mass is 10.0. The van der Waals surface area contributed by atoms with E-state index in [1.807, 2.05) is 32.0 Å². The number of amides is 1. The molecule has 138 valence electrons. The fraction of sp³-hybridized carbons (Fsp3) is 0.529. The predicted molar refractivity (Wildman–Crippen MR) is 98.5 cm³/mol. The molecule has 1 amide bonds. The van der Waals surface area contributed by atoms with Gasteiger partial charge in [-0.3, -0.25) is 4.79 Å². The average molecular weight is 369 g/mol. The molecule has 1 aromatic carbocycles. The van der Waals surface area contributed by atoms with Crippen LogP contribution in [0.4, 0.5) is 9.18 Å². The number of carbonyl (C=O) groups is 1. The van der Waals surface area contributed by atoms with Crippen LogP contribution in [0.2, 0.25) is 0 Å². The smallest absolute Gasteiger partial charge is 0.302 e. The predicted octanol–water partition coefficient (Wildman–Crippen LogP) is 3.21. The van der Waals surface area contributed by atoms with Crippen LogP contribution in [0.5, 0.6) is 11.5 Å². The minimum absolute atomic E-state index is 0.0465. The molecule has 0 saturated heterocycles. The van der Waals surface area contributed by atoms with Crippen molar-refractivity contribution in [2.75, 3.05) is 41.2 Å². The van der Waals surface area contributed by atoms with E-state index in [0.717, 1.165) is 24.2 Å². The standard InChI is InChI=1S/C17H24FN3O3S/c1-5-15-16(19-21(17(22)25-15)9-8-20(2)3)12-6-7-13(23-4)14(10-12)24-11-18/h6-7,10,15H,5,8-9,11H2,1-4H3. The van der Waals surface area contributed by atoms with Gasteiger partial charge in [0.1, 0.15) is 0 Å². The third-order valence-electron chi connectivity index (χ3n) is 3.79. The zero-order chi connectivity index (χ0) is 18.4. The van der Waals surface area contributed by atoms with Crippen LogP contribution in [0.25, 0.3) is 0 Å². The quantitative estimate of drug-likeness (QED) is 0.704. The van der Waals surface area contributed by atoms with Crippen LogP contribution in [0.15, 0.2) is 23.3 Å². The summed E-state index contributed by atoms with van der Waals surface area (Å²) in [5.74, 6) is 0.779. The van der Waals surface area contributed by atoms with Gasteiger partial charge in [-0.05, 0) is 38.7 Å². The molecule has 0 spiro atoms. The van der Waals surface area contributed by atoms with Gasteiger partial charge in [0, 0.05) is 12.1 Å². The Morgan fingerprint density at radius 2 is 2.12 bits per heavy atom. The van der Waals surface area contributed by atoms with E-state index in [4.69, 9.17) is 9.47 Å². The van der Waals surface area contributed by atoms with Gasteiger partial charge >= 0.3 is 5.24 Å². The molecule has 1 atom stereocenters. The van der Waals surface area contributed by atoms with Gasteiger partial charge in [0.25, 0.3) is 0 Å². The highest BCUT2D eigenvalue weighted by molar-refractivity contribution is 8.14. The zero-order valence-electron chi connectivity index (χ0n) is 15.0. The first-order chi connectivity index (χ1) is 12.0. The van der Waals surface area contributed by atoms with Crippen molar-refractivity contribution in [3.05, 3.63) is 23.8 Å². The van der Waals surface area contributed by atoms with Crippen molar-refractivity contribution >= 4 is 22.7 Å². The number of nitrogens with zero attached hydrogens (tertiary/aromatic N) is 3. The van der Waals surface area contributed by atoms with E-state index in [0.29, 0.717) is 18.0 Å². The number of hydrogen-bond donors (Lipinski definition) is 0. The van der Waals surface area contributed by atoms with Gasteiger partial charge in [-0.1, -0.05) is 18.7 Å². The third kappa shape index (κ3) is 4.85. The highest BCUT2D eigenvalue weighted by Crippen LogP contribution is 2.33. The summed E-state index contributed by atoms with van der Waals surface area (Å²) in [6, 6.07) is 5.28. The maximum Gasteiger partial charge on any atom is 0.302 e. The van der Waals surface area contributed by atoms with E-state index in [-0.39, 0.29) is 10.5 Å². The summed E-state index contributed by atoms with van der Waals surface area (Å²) in [5, 5.41) is 5.97. The van der Waals surface area contributed by atoms with Crippen molar-refractivity contribution in [3.8, 4) is 11.5 Å². The molecule has 1 aromatic rings. The Kier molecular flexibility index (Phi) is 7.07. The lowest BCUT2D eigenvalue weighted by Crippen LogP contribution is -2.38. The highest BCUT2D eigenvalue weighted by Gasteiger charge is 2.30. The molecule has 0 aliphatic carbocycles. The van der Waals surface area contributed by atoms with E-state index in [1.165, 1.54) is 23.9 Å². The number of likely N-dealkylation sites (N-methyl/N-ethyl adjacent to an activating group) is 1. The molecule has 1 heterocycles.